The summed E-state index contributed by atoms with van der Waals surface area (Å²) in [5.74, 6) is 0.534. The standard InChI is InChI=1S/C16H23BrN4O/c1-5-10-18-16(19-11-15(22)21(3)4)20-12(2)13-8-6-7-9-14(13)17/h5-9,12H,1,10-11H2,2-4H3,(H2,18,19,20). The highest BCUT2D eigenvalue weighted by atomic mass is 79.9. The summed E-state index contributed by atoms with van der Waals surface area (Å²) < 4.78 is 1.03. The number of carbonyl (C=O) groups is 1. The Morgan fingerprint density at radius 1 is 1.45 bits per heavy atom. The topological polar surface area (TPSA) is 56.7 Å². The second kappa shape index (κ2) is 9.25. The van der Waals surface area contributed by atoms with Crippen LogP contribution in [0.3, 0.4) is 0 Å². The SMILES string of the molecule is C=CCNC(=NCC(=O)N(C)C)NC(C)c1ccccc1Br. The molecule has 0 saturated heterocycles. The van der Waals surface area contributed by atoms with Gasteiger partial charge in [-0.1, -0.05) is 40.2 Å². The maximum Gasteiger partial charge on any atom is 0.243 e. The number of benzene rings is 1. The van der Waals surface area contributed by atoms with Gasteiger partial charge in [0, 0.05) is 25.1 Å². The summed E-state index contributed by atoms with van der Waals surface area (Å²) >= 11 is 3.54. The Hall–Kier alpha value is -1.82. The van der Waals surface area contributed by atoms with E-state index in [4.69, 9.17) is 0 Å². The maximum atomic E-state index is 11.7. The fourth-order valence-corrected chi connectivity index (χ4v) is 2.35. The lowest BCUT2D eigenvalue weighted by Gasteiger charge is -2.19. The summed E-state index contributed by atoms with van der Waals surface area (Å²) in [5.41, 5.74) is 1.12. The molecule has 0 aromatic heterocycles. The molecule has 0 radical (unpaired) electrons. The summed E-state index contributed by atoms with van der Waals surface area (Å²) in [6.45, 7) is 6.39. The number of carbonyl (C=O) groups excluding carboxylic acids is 1. The van der Waals surface area contributed by atoms with Crippen LogP contribution in [0.5, 0.6) is 0 Å². The van der Waals surface area contributed by atoms with Gasteiger partial charge in [0.15, 0.2) is 5.96 Å². The molecule has 2 N–H and O–H groups in total. The summed E-state index contributed by atoms with van der Waals surface area (Å²) in [6.07, 6.45) is 1.74. The molecule has 0 saturated carbocycles. The Morgan fingerprint density at radius 3 is 2.73 bits per heavy atom. The van der Waals surface area contributed by atoms with E-state index in [-0.39, 0.29) is 18.5 Å². The van der Waals surface area contributed by atoms with Gasteiger partial charge < -0.3 is 15.5 Å². The van der Waals surface area contributed by atoms with Gasteiger partial charge in [0.1, 0.15) is 6.54 Å². The van der Waals surface area contributed by atoms with E-state index in [9.17, 15) is 4.79 Å². The Labute approximate surface area is 140 Å². The first-order valence-corrected chi connectivity index (χ1v) is 7.85. The van der Waals surface area contributed by atoms with Gasteiger partial charge in [-0.3, -0.25) is 4.79 Å². The molecular weight excluding hydrogens is 344 g/mol. The lowest BCUT2D eigenvalue weighted by Crippen LogP contribution is -2.40. The Kier molecular flexibility index (Phi) is 7.66. The summed E-state index contributed by atoms with van der Waals surface area (Å²) in [5, 5.41) is 6.41. The molecule has 5 nitrogen and oxygen atoms in total. The van der Waals surface area contributed by atoms with Crippen molar-refractivity contribution in [2.75, 3.05) is 27.2 Å². The largest absolute Gasteiger partial charge is 0.353 e. The first-order valence-electron chi connectivity index (χ1n) is 7.06. The van der Waals surface area contributed by atoms with Crippen molar-refractivity contribution in [1.82, 2.24) is 15.5 Å². The third kappa shape index (κ3) is 5.89. The van der Waals surface area contributed by atoms with E-state index in [2.05, 4.69) is 38.1 Å². The Morgan fingerprint density at radius 2 is 2.14 bits per heavy atom. The van der Waals surface area contributed by atoms with Crippen LogP contribution in [0.15, 0.2) is 46.4 Å². The molecule has 6 heteroatoms. The van der Waals surface area contributed by atoms with Gasteiger partial charge in [-0.2, -0.15) is 0 Å². The molecule has 0 fully saturated rings. The van der Waals surface area contributed by atoms with Crippen LogP contribution in [0.25, 0.3) is 0 Å². The summed E-state index contributed by atoms with van der Waals surface area (Å²) in [6, 6.07) is 8.04. The fraction of sp³-hybridized carbons (Fsp3) is 0.375. The van der Waals surface area contributed by atoms with Crippen LogP contribution in [0.4, 0.5) is 0 Å². The molecule has 0 bridgehead atoms. The number of hydrogen-bond donors (Lipinski definition) is 2. The first kappa shape index (κ1) is 18.2. The minimum absolute atomic E-state index is 0.0427. The second-order valence-electron chi connectivity index (χ2n) is 5.01. The average molecular weight is 367 g/mol. The number of amides is 1. The minimum Gasteiger partial charge on any atom is -0.353 e. The molecule has 0 aliphatic heterocycles. The molecule has 0 heterocycles. The number of hydrogen-bond acceptors (Lipinski definition) is 2. The average Bonchev–Trinajstić information content (AvgIpc) is 2.49. The van der Waals surface area contributed by atoms with Crippen LogP contribution in [0, 0.1) is 0 Å². The zero-order valence-corrected chi connectivity index (χ0v) is 14.9. The van der Waals surface area contributed by atoms with Crippen molar-refractivity contribution in [2.24, 2.45) is 4.99 Å². The molecule has 22 heavy (non-hydrogen) atoms. The van der Waals surface area contributed by atoms with Gasteiger partial charge in [-0.05, 0) is 18.6 Å². The quantitative estimate of drug-likeness (QED) is 0.461. The molecule has 1 unspecified atom stereocenters. The monoisotopic (exact) mass is 366 g/mol. The number of rotatable bonds is 6. The minimum atomic E-state index is -0.0479. The predicted molar refractivity (Wildman–Crippen MR) is 94.9 cm³/mol. The highest BCUT2D eigenvalue weighted by Gasteiger charge is 2.11. The zero-order valence-electron chi connectivity index (χ0n) is 13.3. The van der Waals surface area contributed by atoms with Gasteiger partial charge in [0.05, 0.1) is 6.04 Å². The van der Waals surface area contributed by atoms with Crippen LogP contribution in [-0.4, -0.2) is 44.0 Å². The van der Waals surface area contributed by atoms with E-state index in [0.717, 1.165) is 10.0 Å². The normalized spacial score (nSPS) is 12.5. The molecule has 1 aromatic carbocycles. The van der Waals surface area contributed by atoms with Crippen molar-refractivity contribution in [3.05, 3.63) is 47.0 Å². The lowest BCUT2D eigenvalue weighted by molar-refractivity contribution is -0.127. The maximum absolute atomic E-state index is 11.7. The highest BCUT2D eigenvalue weighted by molar-refractivity contribution is 9.10. The van der Waals surface area contributed by atoms with Crippen molar-refractivity contribution in [3.63, 3.8) is 0 Å². The molecule has 1 atom stereocenters. The molecule has 120 valence electrons. The lowest BCUT2D eigenvalue weighted by atomic mass is 10.1. The Bertz CT molecular complexity index is 543. The van der Waals surface area contributed by atoms with Crippen molar-refractivity contribution < 1.29 is 4.79 Å². The number of aliphatic imine (C=N–C) groups is 1. The number of likely N-dealkylation sites (N-methyl/N-ethyl adjacent to an activating group) is 1. The van der Waals surface area contributed by atoms with E-state index in [1.54, 1.807) is 20.2 Å². The molecule has 1 aromatic rings. The highest BCUT2D eigenvalue weighted by Crippen LogP contribution is 2.22. The molecule has 0 spiro atoms. The Balaban J connectivity index is 2.79. The van der Waals surface area contributed by atoms with Gasteiger partial charge in [0.25, 0.3) is 0 Å². The van der Waals surface area contributed by atoms with Gasteiger partial charge in [0.2, 0.25) is 5.91 Å². The molecule has 0 aliphatic carbocycles. The second-order valence-corrected chi connectivity index (χ2v) is 5.86. The third-order valence-corrected chi connectivity index (χ3v) is 3.73. The summed E-state index contributed by atoms with van der Waals surface area (Å²) in [4.78, 5) is 17.5. The molecule has 1 amide bonds. The van der Waals surface area contributed by atoms with Gasteiger partial charge >= 0.3 is 0 Å². The van der Waals surface area contributed by atoms with Crippen molar-refractivity contribution in [2.45, 2.75) is 13.0 Å². The van der Waals surface area contributed by atoms with Crippen LogP contribution < -0.4 is 10.6 Å². The summed E-state index contributed by atoms with van der Waals surface area (Å²) in [7, 11) is 3.43. The number of guanidine groups is 1. The van der Waals surface area contributed by atoms with Gasteiger partial charge in [-0.15, -0.1) is 6.58 Å². The van der Waals surface area contributed by atoms with E-state index >= 15 is 0 Å². The van der Waals surface area contributed by atoms with E-state index in [1.807, 2.05) is 31.2 Å². The fourth-order valence-electron chi connectivity index (χ4n) is 1.72. The van der Waals surface area contributed by atoms with Crippen molar-refractivity contribution in [1.29, 1.82) is 0 Å². The number of nitrogens with one attached hydrogen (secondary N) is 2. The van der Waals surface area contributed by atoms with Crippen LogP contribution in [-0.2, 0) is 4.79 Å². The van der Waals surface area contributed by atoms with Crippen molar-refractivity contribution in [3.8, 4) is 0 Å². The number of halogens is 1. The van der Waals surface area contributed by atoms with E-state index in [0.29, 0.717) is 12.5 Å². The molecular formula is C16H23BrN4O. The van der Waals surface area contributed by atoms with Crippen LogP contribution in [0.2, 0.25) is 0 Å². The first-order chi connectivity index (χ1) is 10.5. The van der Waals surface area contributed by atoms with Crippen LogP contribution >= 0.6 is 15.9 Å². The predicted octanol–water partition coefficient (Wildman–Crippen LogP) is 2.32. The zero-order chi connectivity index (χ0) is 16.5. The van der Waals surface area contributed by atoms with E-state index in [1.165, 1.54) is 4.90 Å². The smallest absolute Gasteiger partial charge is 0.243 e. The molecule has 0 aliphatic rings. The van der Waals surface area contributed by atoms with Gasteiger partial charge in [-0.25, -0.2) is 4.99 Å². The number of nitrogens with zero attached hydrogens (tertiary/aromatic N) is 2. The van der Waals surface area contributed by atoms with Crippen LogP contribution in [0.1, 0.15) is 18.5 Å². The van der Waals surface area contributed by atoms with Crippen molar-refractivity contribution >= 4 is 27.8 Å². The van der Waals surface area contributed by atoms with E-state index < -0.39 is 0 Å². The molecule has 1 rings (SSSR count). The third-order valence-electron chi connectivity index (χ3n) is 3.01.